The molecule has 2 aromatic carbocycles. The fourth-order valence-corrected chi connectivity index (χ4v) is 2.91. The van der Waals surface area contributed by atoms with Crippen LogP contribution in [0.15, 0.2) is 53.1 Å². The summed E-state index contributed by atoms with van der Waals surface area (Å²) < 4.78 is 38.4. The number of hydrogen-bond donors (Lipinski definition) is 1. The maximum absolute atomic E-state index is 13.8. The Morgan fingerprint density at radius 2 is 1.89 bits per heavy atom. The highest BCUT2D eigenvalue weighted by atomic mass is 19.1. The Hall–Kier alpha value is -3.22. The standard InChI is InChI=1S/C21H20F2N2O3/c1-13(14-6-3-4-9-17(14)27-2)25-19(26)10-11-20-24-12-18(28-20)21-15(22)7-5-8-16(21)23/h3-9,12-13H,10-11H2,1-2H3,(H,25,26)/t13-/m1/s1. The zero-order chi connectivity index (χ0) is 20.1. The topological polar surface area (TPSA) is 64.4 Å². The van der Waals surface area contributed by atoms with Gasteiger partial charge in [-0.15, -0.1) is 0 Å². The van der Waals surface area contributed by atoms with Crippen LogP contribution in [-0.2, 0) is 11.2 Å². The Labute approximate surface area is 161 Å². The summed E-state index contributed by atoms with van der Waals surface area (Å²) in [5, 5.41) is 2.89. The van der Waals surface area contributed by atoms with Gasteiger partial charge >= 0.3 is 0 Å². The van der Waals surface area contributed by atoms with Crippen LogP contribution in [0.1, 0.15) is 30.8 Å². The molecule has 7 heteroatoms. The molecule has 0 bridgehead atoms. The van der Waals surface area contributed by atoms with Gasteiger partial charge in [0.05, 0.1) is 24.9 Å². The van der Waals surface area contributed by atoms with Crippen molar-refractivity contribution in [3.8, 4) is 17.1 Å². The van der Waals surface area contributed by atoms with Crippen LogP contribution >= 0.6 is 0 Å². The third-order valence-corrected chi connectivity index (χ3v) is 4.31. The summed E-state index contributed by atoms with van der Waals surface area (Å²) in [6.07, 6.45) is 1.59. The first-order valence-corrected chi connectivity index (χ1v) is 8.81. The van der Waals surface area contributed by atoms with Crippen molar-refractivity contribution < 1.29 is 22.7 Å². The number of rotatable bonds is 7. The van der Waals surface area contributed by atoms with E-state index in [1.165, 1.54) is 12.3 Å². The van der Waals surface area contributed by atoms with Crippen molar-refractivity contribution in [2.24, 2.45) is 0 Å². The lowest BCUT2D eigenvalue weighted by molar-refractivity contribution is -0.121. The van der Waals surface area contributed by atoms with Crippen LogP contribution in [0.2, 0.25) is 0 Å². The lowest BCUT2D eigenvalue weighted by Crippen LogP contribution is -2.27. The molecule has 0 unspecified atom stereocenters. The molecule has 28 heavy (non-hydrogen) atoms. The van der Waals surface area contributed by atoms with Gasteiger partial charge in [0.25, 0.3) is 0 Å². The number of oxazole rings is 1. The van der Waals surface area contributed by atoms with Crippen LogP contribution in [0.4, 0.5) is 8.78 Å². The predicted octanol–water partition coefficient (Wildman–Crippen LogP) is 4.44. The van der Waals surface area contributed by atoms with E-state index in [4.69, 9.17) is 9.15 Å². The molecule has 0 saturated heterocycles. The van der Waals surface area contributed by atoms with E-state index in [-0.39, 0.29) is 42.0 Å². The number of methoxy groups -OCH3 is 1. The molecule has 3 rings (SSSR count). The molecule has 0 aliphatic carbocycles. The average Bonchev–Trinajstić information content (AvgIpc) is 3.14. The Bertz CT molecular complexity index is 952. The first-order chi connectivity index (χ1) is 13.5. The van der Waals surface area contributed by atoms with Crippen molar-refractivity contribution in [1.82, 2.24) is 10.3 Å². The molecule has 5 nitrogen and oxygen atoms in total. The van der Waals surface area contributed by atoms with Crippen LogP contribution < -0.4 is 10.1 Å². The lowest BCUT2D eigenvalue weighted by atomic mass is 10.1. The highest BCUT2D eigenvalue weighted by Gasteiger charge is 2.17. The number of carbonyl (C=O) groups excluding carboxylic acids is 1. The molecule has 3 aromatic rings. The highest BCUT2D eigenvalue weighted by Crippen LogP contribution is 2.27. The lowest BCUT2D eigenvalue weighted by Gasteiger charge is -2.17. The van der Waals surface area contributed by atoms with Gasteiger partial charge in [-0.3, -0.25) is 4.79 Å². The van der Waals surface area contributed by atoms with Crippen molar-refractivity contribution in [2.45, 2.75) is 25.8 Å². The van der Waals surface area contributed by atoms with Crippen LogP contribution in [0.25, 0.3) is 11.3 Å². The van der Waals surface area contributed by atoms with Gasteiger partial charge in [-0.25, -0.2) is 13.8 Å². The molecule has 0 spiro atoms. The van der Waals surface area contributed by atoms with Crippen LogP contribution in [0.5, 0.6) is 5.75 Å². The number of halogens is 2. The van der Waals surface area contributed by atoms with E-state index in [9.17, 15) is 13.6 Å². The molecule has 1 atom stereocenters. The summed E-state index contributed by atoms with van der Waals surface area (Å²) in [5.74, 6) is -0.738. The Balaban J connectivity index is 1.60. The third kappa shape index (κ3) is 4.36. The first kappa shape index (κ1) is 19.5. The zero-order valence-corrected chi connectivity index (χ0v) is 15.5. The average molecular weight is 386 g/mol. The van der Waals surface area contributed by atoms with Crippen molar-refractivity contribution in [3.05, 3.63) is 71.8 Å². The second kappa shape index (κ2) is 8.65. The fourth-order valence-electron chi connectivity index (χ4n) is 2.91. The molecule has 1 aromatic heterocycles. The van der Waals surface area contributed by atoms with E-state index >= 15 is 0 Å². The van der Waals surface area contributed by atoms with Gasteiger partial charge in [0.15, 0.2) is 11.7 Å². The van der Waals surface area contributed by atoms with Crippen LogP contribution in [0, 0.1) is 11.6 Å². The van der Waals surface area contributed by atoms with E-state index in [2.05, 4.69) is 10.3 Å². The Kier molecular flexibility index (Phi) is 6.03. The number of aromatic nitrogens is 1. The second-order valence-electron chi connectivity index (χ2n) is 6.25. The van der Waals surface area contributed by atoms with E-state index < -0.39 is 11.6 Å². The molecule has 0 saturated carbocycles. The number of nitrogens with zero attached hydrogens (tertiary/aromatic N) is 1. The predicted molar refractivity (Wildman–Crippen MR) is 99.7 cm³/mol. The largest absolute Gasteiger partial charge is 0.496 e. The molecule has 146 valence electrons. The second-order valence-corrected chi connectivity index (χ2v) is 6.25. The van der Waals surface area contributed by atoms with Gasteiger partial charge in [-0.2, -0.15) is 0 Å². The minimum atomic E-state index is -0.730. The maximum atomic E-state index is 13.8. The minimum absolute atomic E-state index is 0.00611. The molecule has 1 amide bonds. The first-order valence-electron chi connectivity index (χ1n) is 8.81. The molecular formula is C21H20F2N2O3. The van der Waals surface area contributed by atoms with E-state index in [1.54, 1.807) is 7.11 Å². The van der Waals surface area contributed by atoms with E-state index in [0.29, 0.717) is 5.75 Å². The molecular weight excluding hydrogens is 366 g/mol. The SMILES string of the molecule is COc1ccccc1[C@@H](C)NC(=O)CCc1ncc(-c2c(F)cccc2F)o1. The Morgan fingerprint density at radius 1 is 1.18 bits per heavy atom. The van der Waals surface area contributed by atoms with E-state index in [1.807, 2.05) is 31.2 Å². The fraction of sp³-hybridized carbons (Fsp3) is 0.238. The number of hydrogen-bond acceptors (Lipinski definition) is 4. The third-order valence-electron chi connectivity index (χ3n) is 4.31. The highest BCUT2D eigenvalue weighted by molar-refractivity contribution is 5.76. The molecule has 0 fully saturated rings. The monoisotopic (exact) mass is 386 g/mol. The van der Waals surface area contributed by atoms with Crippen molar-refractivity contribution in [2.75, 3.05) is 7.11 Å². The Morgan fingerprint density at radius 3 is 2.61 bits per heavy atom. The number of carbonyl (C=O) groups is 1. The van der Waals surface area contributed by atoms with Crippen molar-refractivity contribution >= 4 is 5.91 Å². The summed E-state index contributed by atoms with van der Waals surface area (Å²) >= 11 is 0. The van der Waals surface area contributed by atoms with Gasteiger partial charge in [0.2, 0.25) is 5.91 Å². The van der Waals surface area contributed by atoms with Gasteiger partial charge < -0.3 is 14.5 Å². The van der Waals surface area contributed by atoms with Crippen molar-refractivity contribution in [1.29, 1.82) is 0 Å². The van der Waals surface area contributed by atoms with Gasteiger partial charge in [0, 0.05) is 18.4 Å². The molecule has 0 aliphatic heterocycles. The molecule has 1 N–H and O–H groups in total. The maximum Gasteiger partial charge on any atom is 0.220 e. The summed E-state index contributed by atoms with van der Waals surface area (Å²) in [4.78, 5) is 16.3. The summed E-state index contributed by atoms with van der Waals surface area (Å²) in [5.41, 5.74) is 0.599. The summed E-state index contributed by atoms with van der Waals surface area (Å²) in [6.45, 7) is 1.86. The van der Waals surface area contributed by atoms with E-state index in [0.717, 1.165) is 17.7 Å². The molecule has 0 radical (unpaired) electrons. The van der Waals surface area contributed by atoms with Crippen molar-refractivity contribution in [3.63, 3.8) is 0 Å². The number of para-hydroxylation sites is 1. The minimum Gasteiger partial charge on any atom is -0.496 e. The smallest absolute Gasteiger partial charge is 0.220 e. The number of nitrogens with one attached hydrogen (secondary N) is 1. The summed E-state index contributed by atoms with van der Waals surface area (Å²) in [7, 11) is 1.58. The van der Waals surface area contributed by atoms with Crippen LogP contribution in [-0.4, -0.2) is 18.0 Å². The number of amides is 1. The quantitative estimate of drug-likeness (QED) is 0.652. The number of aryl methyl sites for hydroxylation is 1. The normalized spacial score (nSPS) is 11.9. The molecule has 0 aliphatic rings. The number of ether oxygens (including phenoxy) is 1. The molecule has 1 heterocycles. The van der Waals surface area contributed by atoms with Gasteiger partial charge in [-0.1, -0.05) is 24.3 Å². The van der Waals surface area contributed by atoms with Gasteiger partial charge in [-0.05, 0) is 25.1 Å². The number of benzene rings is 2. The van der Waals surface area contributed by atoms with Crippen LogP contribution in [0.3, 0.4) is 0 Å². The summed E-state index contributed by atoms with van der Waals surface area (Å²) in [6, 6.07) is 10.8. The van der Waals surface area contributed by atoms with Gasteiger partial charge in [0.1, 0.15) is 17.4 Å². The zero-order valence-electron chi connectivity index (χ0n) is 15.5.